The highest BCUT2D eigenvalue weighted by atomic mass is 19.3. The Morgan fingerprint density at radius 1 is 1.25 bits per heavy atom. The van der Waals surface area contributed by atoms with E-state index in [1.807, 2.05) is 0 Å². The monoisotopic (exact) mass is 337 g/mol. The number of alkyl halides is 2. The lowest BCUT2D eigenvalue weighted by Crippen LogP contribution is -2.09. The summed E-state index contributed by atoms with van der Waals surface area (Å²) in [7, 11) is 0. The number of halogens is 3. The third-order valence-electron chi connectivity index (χ3n) is 3.26. The molecule has 0 atom stereocenters. The molecule has 124 valence electrons. The van der Waals surface area contributed by atoms with Crippen molar-refractivity contribution < 1.29 is 27.8 Å². The number of benzene rings is 1. The molecule has 24 heavy (non-hydrogen) atoms. The molecule has 6 nitrogen and oxygen atoms in total. The summed E-state index contributed by atoms with van der Waals surface area (Å²) in [5, 5.41) is 12.8. The van der Waals surface area contributed by atoms with Crippen LogP contribution in [-0.4, -0.2) is 32.5 Å². The van der Waals surface area contributed by atoms with Gasteiger partial charge < -0.3 is 9.84 Å². The fourth-order valence-electron chi connectivity index (χ4n) is 2.24. The third kappa shape index (κ3) is 3.14. The molecule has 0 fully saturated rings. The van der Waals surface area contributed by atoms with E-state index in [1.165, 1.54) is 23.1 Å². The first-order chi connectivity index (χ1) is 11.4. The van der Waals surface area contributed by atoms with Gasteiger partial charge in [0.15, 0.2) is 11.6 Å². The summed E-state index contributed by atoms with van der Waals surface area (Å²) >= 11 is 0. The number of aromatic nitrogens is 3. The van der Waals surface area contributed by atoms with Gasteiger partial charge >= 0.3 is 12.6 Å². The van der Waals surface area contributed by atoms with Crippen LogP contribution in [0.3, 0.4) is 0 Å². The lowest BCUT2D eigenvalue weighted by atomic mass is 10.1. The summed E-state index contributed by atoms with van der Waals surface area (Å²) in [6.07, 6.45) is 2.87. The van der Waals surface area contributed by atoms with Crippen LogP contribution in [0.5, 0.6) is 5.75 Å². The Kier molecular flexibility index (Phi) is 4.07. The van der Waals surface area contributed by atoms with Crippen molar-refractivity contribution in [3.63, 3.8) is 0 Å². The molecule has 9 heteroatoms. The van der Waals surface area contributed by atoms with E-state index in [1.54, 1.807) is 6.07 Å². The normalized spacial score (nSPS) is 11.2. The van der Waals surface area contributed by atoms with Crippen LogP contribution < -0.4 is 4.74 Å². The molecule has 0 aliphatic rings. The number of carboxylic acids is 1. The summed E-state index contributed by atoms with van der Waals surface area (Å²) in [4.78, 5) is 15.0. The number of pyridine rings is 1. The molecule has 3 aromatic rings. The van der Waals surface area contributed by atoms with Crippen LogP contribution in [0.2, 0.25) is 0 Å². The second-order valence-corrected chi connectivity index (χ2v) is 4.85. The van der Waals surface area contributed by atoms with Crippen LogP contribution in [0.4, 0.5) is 13.2 Å². The van der Waals surface area contributed by atoms with Crippen molar-refractivity contribution in [2.75, 3.05) is 0 Å². The zero-order valence-electron chi connectivity index (χ0n) is 12.0. The Hall–Kier alpha value is -3.10. The maximum atomic E-state index is 13.5. The van der Waals surface area contributed by atoms with Gasteiger partial charge in [0.2, 0.25) is 0 Å². The number of carbonyl (C=O) groups is 1. The van der Waals surface area contributed by atoms with Crippen LogP contribution in [0.25, 0.3) is 22.2 Å². The molecule has 0 unspecified atom stereocenters. The number of aliphatic carboxylic acids is 1. The fourth-order valence-corrected chi connectivity index (χ4v) is 2.24. The van der Waals surface area contributed by atoms with Crippen molar-refractivity contribution in [3.8, 4) is 16.9 Å². The minimum Gasteiger partial charge on any atom is -0.480 e. The first kappa shape index (κ1) is 15.8. The third-order valence-corrected chi connectivity index (χ3v) is 3.26. The summed E-state index contributed by atoms with van der Waals surface area (Å²) < 4.78 is 43.5. The Bertz CT molecular complexity index is 911. The predicted octanol–water partition coefficient (Wildman–Crippen LogP) is 2.92. The minimum atomic E-state index is -3.15. The van der Waals surface area contributed by atoms with Gasteiger partial charge in [-0.3, -0.25) is 14.5 Å². The average molecular weight is 337 g/mol. The molecule has 0 amide bonds. The number of ether oxygens (including phenoxy) is 1. The van der Waals surface area contributed by atoms with Gasteiger partial charge in [-0.25, -0.2) is 4.39 Å². The first-order valence-corrected chi connectivity index (χ1v) is 6.72. The van der Waals surface area contributed by atoms with Crippen molar-refractivity contribution in [1.82, 2.24) is 14.8 Å². The smallest absolute Gasteiger partial charge is 0.387 e. The molecule has 0 aliphatic heterocycles. The zero-order chi connectivity index (χ0) is 17.3. The topological polar surface area (TPSA) is 77.2 Å². The van der Waals surface area contributed by atoms with Gasteiger partial charge in [-0.15, -0.1) is 0 Å². The fraction of sp³-hybridized carbons (Fsp3) is 0.133. The SMILES string of the molecule is O=C(O)Cn1ncc2ncc(-c3ccc(F)c(OC(F)F)c3)cc21. The van der Waals surface area contributed by atoms with Gasteiger partial charge in [-0.2, -0.15) is 13.9 Å². The van der Waals surface area contributed by atoms with Gasteiger partial charge in [0.25, 0.3) is 0 Å². The summed E-state index contributed by atoms with van der Waals surface area (Å²) in [6.45, 7) is -3.50. The van der Waals surface area contributed by atoms with Crippen molar-refractivity contribution in [3.05, 3.63) is 42.5 Å². The van der Waals surface area contributed by atoms with Gasteiger partial charge in [-0.1, -0.05) is 6.07 Å². The quantitative estimate of drug-likeness (QED) is 0.774. The second kappa shape index (κ2) is 6.19. The maximum absolute atomic E-state index is 13.5. The molecule has 2 aromatic heterocycles. The zero-order valence-corrected chi connectivity index (χ0v) is 12.0. The number of nitrogens with zero attached hydrogens (tertiary/aromatic N) is 3. The van der Waals surface area contributed by atoms with Crippen LogP contribution in [0, 0.1) is 5.82 Å². The lowest BCUT2D eigenvalue weighted by Gasteiger charge is -2.08. The number of hydrogen-bond acceptors (Lipinski definition) is 4. The Labute approximate surface area is 133 Å². The van der Waals surface area contributed by atoms with Crippen LogP contribution >= 0.6 is 0 Å². The predicted molar refractivity (Wildman–Crippen MR) is 77.2 cm³/mol. The molecule has 1 aromatic carbocycles. The molecule has 1 N–H and O–H groups in total. The maximum Gasteiger partial charge on any atom is 0.387 e. The summed E-state index contributed by atoms with van der Waals surface area (Å²) in [5.74, 6) is -2.56. The van der Waals surface area contributed by atoms with Gasteiger partial charge in [-0.05, 0) is 23.8 Å². The summed E-state index contributed by atoms with van der Waals surface area (Å²) in [5.41, 5.74) is 1.81. The molecule has 0 saturated heterocycles. The number of carboxylic acid groups (broad SMARTS) is 1. The lowest BCUT2D eigenvalue weighted by molar-refractivity contribution is -0.137. The highest BCUT2D eigenvalue weighted by Crippen LogP contribution is 2.28. The van der Waals surface area contributed by atoms with Crippen molar-refractivity contribution in [2.45, 2.75) is 13.2 Å². The van der Waals surface area contributed by atoms with Crippen molar-refractivity contribution in [1.29, 1.82) is 0 Å². The van der Waals surface area contributed by atoms with Crippen LogP contribution in [-0.2, 0) is 11.3 Å². The highest BCUT2D eigenvalue weighted by molar-refractivity contribution is 5.81. The molecule has 0 radical (unpaired) electrons. The average Bonchev–Trinajstić information content (AvgIpc) is 2.91. The molecule has 0 bridgehead atoms. The minimum absolute atomic E-state index is 0.349. The number of hydrogen-bond donors (Lipinski definition) is 1. The standard InChI is InChI=1S/C15H10F3N3O3/c16-10-2-1-8(4-13(10)24-15(17)18)9-3-12-11(19-5-9)6-20-21(12)7-14(22)23/h1-6,15H,7H2,(H,22,23). The van der Waals surface area contributed by atoms with Gasteiger partial charge in [0.05, 0.1) is 11.7 Å². The Morgan fingerprint density at radius 2 is 2.04 bits per heavy atom. The number of fused-ring (bicyclic) bond motifs is 1. The molecule has 2 heterocycles. The van der Waals surface area contributed by atoms with E-state index >= 15 is 0 Å². The van der Waals surface area contributed by atoms with Gasteiger partial charge in [0, 0.05) is 11.8 Å². The molecule has 0 aliphatic carbocycles. The Morgan fingerprint density at radius 3 is 2.75 bits per heavy atom. The van der Waals surface area contributed by atoms with Crippen LogP contribution in [0.1, 0.15) is 0 Å². The van der Waals surface area contributed by atoms with E-state index in [0.29, 0.717) is 22.2 Å². The molecule has 3 rings (SSSR count). The first-order valence-electron chi connectivity index (χ1n) is 6.72. The summed E-state index contributed by atoms with van der Waals surface area (Å²) in [6, 6.07) is 5.11. The van der Waals surface area contributed by atoms with Crippen molar-refractivity contribution >= 4 is 17.0 Å². The van der Waals surface area contributed by atoms with E-state index in [9.17, 15) is 18.0 Å². The van der Waals surface area contributed by atoms with E-state index < -0.39 is 24.1 Å². The van der Waals surface area contributed by atoms with E-state index in [4.69, 9.17) is 5.11 Å². The molecular weight excluding hydrogens is 327 g/mol. The Balaban J connectivity index is 2.04. The number of rotatable bonds is 5. The second-order valence-electron chi connectivity index (χ2n) is 4.85. The van der Waals surface area contributed by atoms with E-state index in [2.05, 4.69) is 14.8 Å². The van der Waals surface area contributed by atoms with Gasteiger partial charge in [0.1, 0.15) is 12.1 Å². The van der Waals surface area contributed by atoms with E-state index in [-0.39, 0.29) is 6.54 Å². The highest BCUT2D eigenvalue weighted by Gasteiger charge is 2.13. The molecule has 0 saturated carbocycles. The molecular formula is C15H10F3N3O3. The van der Waals surface area contributed by atoms with Crippen molar-refractivity contribution in [2.24, 2.45) is 0 Å². The largest absolute Gasteiger partial charge is 0.480 e. The van der Waals surface area contributed by atoms with Crippen LogP contribution in [0.15, 0.2) is 36.7 Å². The molecule has 0 spiro atoms. The van der Waals surface area contributed by atoms with E-state index in [0.717, 1.165) is 12.1 Å².